The maximum absolute atomic E-state index is 5.70. The fraction of sp³-hybridized carbons (Fsp3) is 0.467. The summed E-state index contributed by atoms with van der Waals surface area (Å²) in [6.07, 6.45) is 1.25. The van der Waals surface area contributed by atoms with Gasteiger partial charge < -0.3 is 10.1 Å². The molecule has 0 spiro atoms. The van der Waals surface area contributed by atoms with Gasteiger partial charge in [0.2, 0.25) is 0 Å². The van der Waals surface area contributed by atoms with E-state index in [2.05, 4.69) is 41.9 Å². The van der Waals surface area contributed by atoms with E-state index in [4.69, 9.17) is 4.74 Å². The van der Waals surface area contributed by atoms with Gasteiger partial charge in [0.25, 0.3) is 0 Å². The molecule has 0 amide bonds. The molecule has 0 fully saturated rings. The lowest BCUT2D eigenvalue weighted by Crippen LogP contribution is -2.39. The van der Waals surface area contributed by atoms with Gasteiger partial charge in [-0.25, -0.2) is 0 Å². The Labute approximate surface area is 113 Å². The summed E-state index contributed by atoms with van der Waals surface area (Å²) in [5.74, 6) is 0. The molecule has 0 saturated heterocycles. The van der Waals surface area contributed by atoms with Crippen molar-refractivity contribution in [2.75, 3.05) is 13.7 Å². The monoisotopic (exact) mass is 263 g/mol. The van der Waals surface area contributed by atoms with Gasteiger partial charge in [-0.15, -0.1) is 11.3 Å². The van der Waals surface area contributed by atoms with Crippen LogP contribution in [-0.2, 0) is 11.2 Å². The summed E-state index contributed by atoms with van der Waals surface area (Å²) in [7, 11) is 2.01. The highest BCUT2D eigenvalue weighted by Gasteiger charge is 2.17. The number of hydrogen-bond donors (Lipinski definition) is 1. The van der Waals surface area contributed by atoms with Crippen LogP contribution in [0, 0.1) is 0 Å². The Bertz CT molecular complexity index is 494. The van der Waals surface area contributed by atoms with Crippen LogP contribution in [0.15, 0.2) is 29.6 Å². The first kappa shape index (κ1) is 13.5. The molecule has 0 aliphatic heterocycles. The number of nitrogens with one attached hydrogen (secondary N) is 1. The third kappa shape index (κ3) is 2.91. The normalized spacial score (nSPS) is 14.8. The minimum atomic E-state index is 0.235. The third-order valence-corrected chi connectivity index (χ3v) is 4.38. The van der Waals surface area contributed by atoms with Crippen LogP contribution >= 0.6 is 11.3 Å². The SMILES string of the molecule is CCOC(C)C(Cc1csc2ccccc12)NC. The maximum atomic E-state index is 5.70. The Balaban J connectivity index is 2.16. The molecule has 1 heterocycles. The molecule has 2 atom stereocenters. The summed E-state index contributed by atoms with van der Waals surface area (Å²) < 4.78 is 7.06. The molecule has 0 radical (unpaired) electrons. The van der Waals surface area contributed by atoms with Crippen LogP contribution < -0.4 is 5.32 Å². The van der Waals surface area contributed by atoms with Crippen molar-refractivity contribution in [1.29, 1.82) is 0 Å². The Morgan fingerprint density at radius 3 is 2.83 bits per heavy atom. The van der Waals surface area contributed by atoms with E-state index in [9.17, 15) is 0 Å². The van der Waals surface area contributed by atoms with Crippen LogP contribution in [0.4, 0.5) is 0 Å². The van der Waals surface area contributed by atoms with Gasteiger partial charge in [-0.1, -0.05) is 18.2 Å². The molecule has 2 rings (SSSR count). The van der Waals surface area contributed by atoms with Crippen LogP contribution in [0.5, 0.6) is 0 Å². The second kappa shape index (κ2) is 6.32. The van der Waals surface area contributed by atoms with E-state index >= 15 is 0 Å². The Hall–Kier alpha value is -0.900. The fourth-order valence-electron chi connectivity index (χ4n) is 2.31. The summed E-state index contributed by atoms with van der Waals surface area (Å²) in [5.41, 5.74) is 1.42. The summed E-state index contributed by atoms with van der Waals surface area (Å²) in [4.78, 5) is 0. The van der Waals surface area contributed by atoms with Gasteiger partial charge in [0.15, 0.2) is 0 Å². The van der Waals surface area contributed by atoms with Gasteiger partial charge in [0.1, 0.15) is 0 Å². The lowest BCUT2D eigenvalue weighted by molar-refractivity contribution is 0.0498. The summed E-state index contributed by atoms with van der Waals surface area (Å²) in [6, 6.07) is 8.96. The number of likely N-dealkylation sites (N-methyl/N-ethyl adjacent to an activating group) is 1. The van der Waals surface area contributed by atoms with Crippen molar-refractivity contribution in [2.45, 2.75) is 32.4 Å². The molecule has 2 unspecified atom stereocenters. The number of benzene rings is 1. The molecule has 0 saturated carbocycles. The maximum Gasteiger partial charge on any atom is 0.0702 e. The second-order valence-electron chi connectivity index (χ2n) is 4.52. The van der Waals surface area contributed by atoms with Crippen LogP contribution in [0.3, 0.4) is 0 Å². The molecule has 3 heteroatoms. The predicted octanol–water partition coefficient (Wildman–Crippen LogP) is 3.46. The van der Waals surface area contributed by atoms with Crippen molar-refractivity contribution in [3.63, 3.8) is 0 Å². The second-order valence-corrected chi connectivity index (χ2v) is 5.43. The van der Waals surface area contributed by atoms with Crippen LogP contribution in [-0.4, -0.2) is 25.8 Å². The Kier molecular flexibility index (Phi) is 4.75. The van der Waals surface area contributed by atoms with E-state index in [0.717, 1.165) is 13.0 Å². The van der Waals surface area contributed by atoms with E-state index in [-0.39, 0.29) is 6.10 Å². The zero-order valence-corrected chi connectivity index (χ0v) is 12.1. The molecular weight excluding hydrogens is 242 g/mol. The van der Waals surface area contributed by atoms with Gasteiger partial charge >= 0.3 is 0 Å². The van der Waals surface area contributed by atoms with Crippen LogP contribution in [0.2, 0.25) is 0 Å². The molecule has 0 bridgehead atoms. The molecule has 1 aromatic heterocycles. The van der Waals surface area contributed by atoms with Crippen molar-refractivity contribution in [1.82, 2.24) is 5.32 Å². The van der Waals surface area contributed by atoms with Gasteiger partial charge in [-0.2, -0.15) is 0 Å². The smallest absolute Gasteiger partial charge is 0.0702 e. The minimum Gasteiger partial charge on any atom is -0.377 e. The summed E-state index contributed by atoms with van der Waals surface area (Å²) in [6.45, 7) is 4.95. The van der Waals surface area contributed by atoms with E-state index in [1.807, 2.05) is 25.3 Å². The number of ether oxygens (including phenoxy) is 1. The Morgan fingerprint density at radius 2 is 2.11 bits per heavy atom. The topological polar surface area (TPSA) is 21.3 Å². The average Bonchev–Trinajstić information content (AvgIpc) is 2.79. The number of fused-ring (bicyclic) bond motifs is 1. The number of thiophene rings is 1. The van der Waals surface area contributed by atoms with E-state index < -0.39 is 0 Å². The lowest BCUT2D eigenvalue weighted by Gasteiger charge is -2.23. The molecule has 2 nitrogen and oxygen atoms in total. The Morgan fingerprint density at radius 1 is 1.33 bits per heavy atom. The van der Waals surface area contributed by atoms with E-state index in [1.54, 1.807) is 0 Å². The van der Waals surface area contributed by atoms with Crippen molar-refractivity contribution >= 4 is 21.4 Å². The highest BCUT2D eigenvalue weighted by Crippen LogP contribution is 2.27. The first-order chi connectivity index (χ1) is 8.76. The van der Waals surface area contributed by atoms with Crippen molar-refractivity contribution in [2.24, 2.45) is 0 Å². The lowest BCUT2D eigenvalue weighted by atomic mass is 10.0. The van der Waals surface area contributed by atoms with E-state index in [0.29, 0.717) is 6.04 Å². The number of rotatable bonds is 6. The molecule has 98 valence electrons. The molecule has 0 aliphatic rings. The third-order valence-electron chi connectivity index (χ3n) is 3.37. The predicted molar refractivity (Wildman–Crippen MR) is 79.5 cm³/mol. The largest absolute Gasteiger partial charge is 0.377 e. The zero-order chi connectivity index (χ0) is 13.0. The minimum absolute atomic E-state index is 0.235. The first-order valence-corrected chi connectivity index (χ1v) is 7.38. The molecule has 1 aromatic carbocycles. The zero-order valence-electron chi connectivity index (χ0n) is 11.3. The average molecular weight is 263 g/mol. The van der Waals surface area contributed by atoms with E-state index in [1.165, 1.54) is 15.6 Å². The van der Waals surface area contributed by atoms with Crippen LogP contribution in [0.1, 0.15) is 19.4 Å². The quantitative estimate of drug-likeness (QED) is 0.862. The van der Waals surface area contributed by atoms with Crippen molar-refractivity contribution in [3.8, 4) is 0 Å². The molecule has 2 aromatic rings. The summed E-state index contributed by atoms with van der Waals surface area (Å²) in [5, 5.41) is 7.02. The van der Waals surface area contributed by atoms with Gasteiger partial charge in [0, 0.05) is 17.3 Å². The highest BCUT2D eigenvalue weighted by atomic mass is 32.1. The molecular formula is C15H21NOS. The molecule has 1 N–H and O–H groups in total. The van der Waals surface area contributed by atoms with Crippen molar-refractivity contribution < 1.29 is 4.74 Å². The molecule has 18 heavy (non-hydrogen) atoms. The highest BCUT2D eigenvalue weighted by molar-refractivity contribution is 7.17. The van der Waals surface area contributed by atoms with Gasteiger partial charge in [-0.3, -0.25) is 0 Å². The molecule has 0 aliphatic carbocycles. The van der Waals surface area contributed by atoms with Gasteiger partial charge in [0.05, 0.1) is 6.10 Å². The number of hydrogen-bond acceptors (Lipinski definition) is 3. The fourth-order valence-corrected chi connectivity index (χ4v) is 3.29. The standard InChI is InChI=1S/C15H21NOS/c1-4-17-11(2)14(16-3)9-12-10-18-15-8-6-5-7-13(12)15/h5-8,10-11,14,16H,4,9H2,1-3H3. The van der Waals surface area contributed by atoms with Gasteiger partial charge in [-0.05, 0) is 49.7 Å². The van der Waals surface area contributed by atoms with Crippen LogP contribution in [0.25, 0.3) is 10.1 Å². The first-order valence-electron chi connectivity index (χ1n) is 6.50. The summed E-state index contributed by atoms with van der Waals surface area (Å²) >= 11 is 1.82. The van der Waals surface area contributed by atoms with Crippen molar-refractivity contribution in [3.05, 3.63) is 35.2 Å².